The monoisotopic (exact) mass is 202 g/mol. The maximum absolute atomic E-state index is 10.5. The Labute approximate surface area is 92.5 Å². The van der Waals surface area contributed by atoms with E-state index in [9.17, 15) is 17.8 Å². The summed E-state index contributed by atoms with van der Waals surface area (Å²) in [5.74, 6) is -0.632. The van der Waals surface area contributed by atoms with Gasteiger partial charge < -0.3 is 9.29 Å². The predicted molar refractivity (Wildman–Crippen MR) is 33.4 cm³/mol. The van der Waals surface area contributed by atoms with Gasteiger partial charge >= 0.3 is 35.5 Å². The van der Waals surface area contributed by atoms with Crippen molar-refractivity contribution in [2.45, 2.75) is 24.7 Å². The van der Waals surface area contributed by atoms with Crippen molar-refractivity contribution < 1.29 is 52.1 Å². The minimum Gasteiger partial charge on any atom is -0.745 e. The number of carbonyl (C=O) groups excluding carboxylic acids is 1. The Kier molecular flexibility index (Phi) is 3.74. The number of cyclic esters (lactones) is 1. The number of esters is 1. The van der Waals surface area contributed by atoms with E-state index in [1.165, 1.54) is 0 Å². The van der Waals surface area contributed by atoms with Crippen LogP contribution in [0.25, 0.3) is 0 Å². The van der Waals surface area contributed by atoms with E-state index in [1.807, 2.05) is 0 Å². The third-order valence-electron chi connectivity index (χ3n) is 1.64. The zero-order valence-electron chi connectivity index (χ0n) is 6.86. The van der Waals surface area contributed by atoms with Gasteiger partial charge in [0.15, 0.2) is 4.93 Å². The summed E-state index contributed by atoms with van der Waals surface area (Å²) in [5.41, 5.74) is 0. The SMILES string of the molecule is CC1(S(=O)(=O)[O-])CCC(=O)O1.[Na+]. The molecule has 1 aliphatic rings. The van der Waals surface area contributed by atoms with Gasteiger partial charge in [0.2, 0.25) is 0 Å². The van der Waals surface area contributed by atoms with Crippen LogP contribution in [-0.4, -0.2) is 23.9 Å². The van der Waals surface area contributed by atoms with Gasteiger partial charge in [0.25, 0.3) is 0 Å². The fourth-order valence-corrected chi connectivity index (χ4v) is 1.40. The molecule has 1 rings (SSSR count). The van der Waals surface area contributed by atoms with E-state index in [0.29, 0.717) is 0 Å². The van der Waals surface area contributed by atoms with E-state index in [-0.39, 0.29) is 42.4 Å². The Balaban J connectivity index is 0.00000121. The minimum absolute atomic E-state index is 0. The van der Waals surface area contributed by atoms with Gasteiger partial charge in [0.1, 0.15) is 10.1 Å². The molecule has 0 N–H and O–H groups in total. The van der Waals surface area contributed by atoms with Crippen LogP contribution in [0.4, 0.5) is 0 Å². The summed E-state index contributed by atoms with van der Waals surface area (Å²) < 4.78 is 35.8. The molecule has 0 saturated carbocycles. The van der Waals surface area contributed by atoms with Crippen LogP contribution in [0.15, 0.2) is 0 Å². The van der Waals surface area contributed by atoms with Gasteiger partial charge in [-0.2, -0.15) is 0 Å². The predicted octanol–water partition coefficient (Wildman–Crippen LogP) is -3.41. The number of carbonyl (C=O) groups is 1. The molecule has 7 heteroatoms. The Hall–Kier alpha value is 0.380. The molecule has 0 aliphatic carbocycles. The quantitative estimate of drug-likeness (QED) is 0.251. The molecule has 64 valence electrons. The summed E-state index contributed by atoms with van der Waals surface area (Å²) in [4.78, 5) is 8.65. The summed E-state index contributed by atoms with van der Waals surface area (Å²) in [6.07, 6.45) is -0.0460. The Bertz CT molecular complexity index is 284. The Morgan fingerprint density at radius 1 is 1.58 bits per heavy atom. The summed E-state index contributed by atoms with van der Waals surface area (Å²) >= 11 is 0. The van der Waals surface area contributed by atoms with Crippen LogP contribution in [0.2, 0.25) is 0 Å². The second kappa shape index (κ2) is 3.63. The van der Waals surface area contributed by atoms with E-state index in [0.717, 1.165) is 6.92 Å². The fourth-order valence-electron chi connectivity index (χ4n) is 0.848. The molecule has 1 fully saturated rings. The van der Waals surface area contributed by atoms with E-state index in [4.69, 9.17) is 0 Å². The normalized spacial score (nSPS) is 29.3. The average Bonchev–Trinajstić information content (AvgIpc) is 2.10. The van der Waals surface area contributed by atoms with Crippen LogP contribution in [-0.2, 0) is 19.6 Å². The van der Waals surface area contributed by atoms with Gasteiger partial charge in [-0.05, 0) is 6.92 Å². The smallest absolute Gasteiger partial charge is 0.745 e. The van der Waals surface area contributed by atoms with Crippen molar-refractivity contribution >= 4 is 16.1 Å². The largest absolute Gasteiger partial charge is 1.00 e. The Morgan fingerprint density at radius 2 is 2.08 bits per heavy atom. The third-order valence-corrected chi connectivity index (χ3v) is 2.99. The standard InChI is InChI=1S/C5H8O5S.Na/c1-5(11(7,8)9)3-2-4(6)10-5;/h2-3H2,1H3,(H,7,8,9);/q;+1/p-1. The van der Waals surface area contributed by atoms with Gasteiger partial charge in [0, 0.05) is 6.42 Å². The van der Waals surface area contributed by atoms with Crippen LogP contribution in [0.5, 0.6) is 0 Å². The molecule has 1 saturated heterocycles. The molecule has 1 unspecified atom stereocenters. The number of hydrogen-bond acceptors (Lipinski definition) is 5. The second-order valence-corrected chi connectivity index (χ2v) is 4.33. The van der Waals surface area contributed by atoms with Gasteiger partial charge in [0.05, 0.1) is 6.42 Å². The first-order valence-corrected chi connectivity index (χ1v) is 4.43. The van der Waals surface area contributed by atoms with Crippen molar-refractivity contribution in [3.63, 3.8) is 0 Å². The van der Waals surface area contributed by atoms with E-state index < -0.39 is 21.0 Å². The molecule has 1 atom stereocenters. The van der Waals surface area contributed by atoms with Crippen LogP contribution in [0.1, 0.15) is 19.8 Å². The molecule has 0 radical (unpaired) electrons. The maximum atomic E-state index is 10.5. The fraction of sp³-hybridized carbons (Fsp3) is 0.800. The third kappa shape index (κ3) is 2.20. The van der Waals surface area contributed by atoms with Gasteiger partial charge in [-0.25, -0.2) is 8.42 Å². The number of rotatable bonds is 1. The van der Waals surface area contributed by atoms with Crippen molar-refractivity contribution in [2.24, 2.45) is 0 Å². The van der Waals surface area contributed by atoms with E-state index >= 15 is 0 Å². The van der Waals surface area contributed by atoms with Gasteiger partial charge in [-0.1, -0.05) is 0 Å². The molecule has 1 aliphatic heterocycles. The Morgan fingerprint density at radius 3 is 2.25 bits per heavy atom. The molecule has 0 amide bonds. The molecule has 5 nitrogen and oxygen atoms in total. The molecule has 0 spiro atoms. The molecule has 0 aromatic carbocycles. The topological polar surface area (TPSA) is 83.5 Å². The van der Waals surface area contributed by atoms with Crippen LogP contribution in [0, 0.1) is 0 Å². The van der Waals surface area contributed by atoms with Gasteiger partial charge in [-0.3, -0.25) is 4.79 Å². The van der Waals surface area contributed by atoms with Gasteiger partial charge in [-0.15, -0.1) is 0 Å². The zero-order chi connectivity index (χ0) is 8.70. The van der Waals surface area contributed by atoms with Crippen LogP contribution in [0.3, 0.4) is 0 Å². The molecule has 0 aromatic heterocycles. The summed E-state index contributed by atoms with van der Waals surface area (Å²) in [7, 11) is -4.53. The van der Waals surface area contributed by atoms with Crippen molar-refractivity contribution in [2.75, 3.05) is 0 Å². The summed E-state index contributed by atoms with van der Waals surface area (Å²) in [6.45, 7) is 1.11. The van der Waals surface area contributed by atoms with E-state index in [2.05, 4.69) is 4.74 Å². The number of ether oxygens (including phenoxy) is 1. The first-order chi connectivity index (χ1) is 4.85. The molecule has 0 bridgehead atoms. The van der Waals surface area contributed by atoms with Crippen LogP contribution < -0.4 is 29.6 Å². The zero-order valence-corrected chi connectivity index (χ0v) is 9.68. The minimum atomic E-state index is -4.53. The average molecular weight is 202 g/mol. The van der Waals surface area contributed by atoms with Crippen molar-refractivity contribution in [1.29, 1.82) is 0 Å². The van der Waals surface area contributed by atoms with Crippen molar-refractivity contribution in [1.82, 2.24) is 0 Å². The summed E-state index contributed by atoms with van der Waals surface area (Å²) in [5, 5.41) is 0. The van der Waals surface area contributed by atoms with Crippen molar-refractivity contribution in [3.8, 4) is 0 Å². The molecule has 1 heterocycles. The molecule has 0 aromatic rings. The number of hydrogen-bond donors (Lipinski definition) is 0. The summed E-state index contributed by atoms with van der Waals surface area (Å²) in [6, 6.07) is 0. The second-order valence-electron chi connectivity index (χ2n) is 2.56. The molecule has 12 heavy (non-hydrogen) atoms. The first kappa shape index (κ1) is 12.4. The molecular formula is C5H7NaO5S. The molecular weight excluding hydrogens is 195 g/mol. The van der Waals surface area contributed by atoms with Crippen molar-refractivity contribution in [3.05, 3.63) is 0 Å². The van der Waals surface area contributed by atoms with Crippen LogP contribution >= 0.6 is 0 Å². The first-order valence-electron chi connectivity index (χ1n) is 3.02. The van der Waals surface area contributed by atoms with E-state index in [1.54, 1.807) is 0 Å². The maximum Gasteiger partial charge on any atom is 1.00 e.